The van der Waals surface area contributed by atoms with E-state index in [-0.39, 0.29) is 31.5 Å². The summed E-state index contributed by atoms with van der Waals surface area (Å²) in [6.45, 7) is 5.78. The number of amides is 4. The van der Waals surface area contributed by atoms with Crippen LogP contribution in [-0.2, 0) is 35.1 Å². The summed E-state index contributed by atoms with van der Waals surface area (Å²) in [5, 5.41) is 11.4. The molecule has 1 aromatic rings. The Hall–Kier alpha value is -3.76. The van der Waals surface area contributed by atoms with E-state index in [0.717, 1.165) is 11.1 Å². The normalized spacial score (nSPS) is 23.0. The fourth-order valence-corrected chi connectivity index (χ4v) is 5.27. The number of ketones is 1. The Morgan fingerprint density at radius 3 is 2.50 bits per heavy atom. The van der Waals surface area contributed by atoms with Gasteiger partial charge < -0.3 is 26.0 Å². The number of nitrogens with one attached hydrogen (secondary N) is 4. The van der Waals surface area contributed by atoms with Gasteiger partial charge in [0.1, 0.15) is 12.1 Å². The van der Waals surface area contributed by atoms with E-state index in [2.05, 4.69) is 21.3 Å². The zero-order valence-electron chi connectivity index (χ0n) is 23.9. The van der Waals surface area contributed by atoms with E-state index in [4.69, 9.17) is 16.3 Å². The molecule has 4 amide bonds. The summed E-state index contributed by atoms with van der Waals surface area (Å²) in [6.07, 6.45) is 7.34. The van der Waals surface area contributed by atoms with Crippen molar-refractivity contribution in [2.45, 2.75) is 63.8 Å². The molecule has 10 nitrogen and oxygen atoms in total. The van der Waals surface area contributed by atoms with Crippen LogP contribution in [0, 0.1) is 11.8 Å². The van der Waals surface area contributed by atoms with Crippen LogP contribution in [0.5, 0.6) is 0 Å². The minimum Gasteiger partial charge on any atom is -0.368 e. The zero-order valence-corrected chi connectivity index (χ0v) is 24.7. The van der Waals surface area contributed by atoms with Gasteiger partial charge in [-0.15, -0.1) is 0 Å². The monoisotopic (exact) mass is 596 g/mol. The largest absolute Gasteiger partial charge is 0.368 e. The first-order valence-electron chi connectivity index (χ1n) is 14.1. The Morgan fingerprint density at radius 1 is 1.10 bits per heavy atom. The molecule has 2 heterocycles. The molecule has 5 atom stereocenters. The maximum absolute atomic E-state index is 13.7. The molecule has 1 aromatic carbocycles. The first-order chi connectivity index (χ1) is 19.9. The molecule has 11 heteroatoms. The van der Waals surface area contributed by atoms with Gasteiger partial charge in [0.2, 0.25) is 23.5 Å². The van der Waals surface area contributed by atoms with Gasteiger partial charge in [-0.05, 0) is 63.0 Å². The van der Waals surface area contributed by atoms with Gasteiger partial charge in [-0.2, -0.15) is 0 Å². The summed E-state index contributed by atoms with van der Waals surface area (Å²) in [4.78, 5) is 65.5. The van der Waals surface area contributed by atoms with Gasteiger partial charge in [-0.1, -0.05) is 48.0 Å². The highest BCUT2D eigenvalue weighted by molar-refractivity contribution is 6.38. The van der Waals surface area contributed by atoms with Crippen molar-refractivity contribution in [3.63, 3.8) is 0 Å². The number of carbonyl (C=O) groups is 5. The lowest BCUT2D eigenvalue weighted by atomic mass is 9.93. The van der Waals surface area contributed by atoms with Crippen molar-refractivity contribution in [3.8, 4) is 0 Å². The Morgan fingerprint density at radius 2 is 1.83 bits per heavy atom. The molecule has 0 bridgehead atoms. The number of rotatable bonds is 10. The van der Waals surface area contributed by atoms with Crippen LogP contribution in [0.1, 0.15) is 39.2 Å². The van der Waals surface area contributed by atoms with Gasteiger partial charge >= 0.3 is 0 Å². The molecule has 1 saturated heterocycles. The number of Topliss-reactive ketones (excluding diaryl/α,β-unsaturated/α-hetero) is 1. The molecule has 4 N–H and O–H groups in total. The number of benzene rings is 1. The summed E-state index contributed by atoms with van der Waals surface area (Å²) >= 11 is 6.12. The minimum atomic E-state index is -1.26. The number of halogens is 1. The molecule has 0 aromatic heterocycles. The first kappa shape index (κ1) is 31.2. The number of carbonyl (C=O) groups excluding carboxylic acids is 5. The second kappa shape index (κ2) is 13.5. The molecule has 0 spiro atoms. The van der Waals surface area contributed by atoms with Gasteiger partial charge in [0.05, 0.1) is 18.6 Å². The Balaban J connectivity index is 1.54. The SMILES string of the molecule is CC(C)(C)NC(=O)C(=O)[C@H](C[C@@H]1CCNC1=O)NC(=O)[C@H](Cc1ccccc1)NC(=O)C1C=C2C=C(Cl)C=CC2OC1. The smallest absolute Gasteiger partial charge is 0.290 e. The predicted octanol–water partition coefficient (Wildman–Crippen LogP) is 1.84. The minimum absolute atomic E-state index is 0.0372. The lowest BCUT2D eigenvalue weighted by Gasteiger charge is -2.29. The van der Waals surface area contributed by atoms with Crippen molar-refractivity contribution in [2.75, 3.05) is 13.2 Å². The van der Waals surface area contributed by atoms with E-state index in [1.165, 1.54) is 0 Å². The third-order valence-electron chi connectivity index (χ3n) is 7.19. The highest BCUT2D eigenvalue weighted by Gasteiger charge is 2.37. The van der Waals surface area contributed by atoms with Crippen molar-refractivity contribution in [2.24, 2.45) is 11.8 Å². The molecule has 2 unspecified atom stereocenters. The highest BCUT2D eigenvalue weighted by Crippen LogP contribution is 2.27. The first-order valence-corrected chi connectivity index (χ1v) is 14.4. The van der Waals surface area contributed by atoms with Gasteiger partial charge in [-0.25, -0.2) is 0 Å². The number of ether oxygens (including phenoxy) is 1. The van der Waals surface area contributed by atoms with Crippen LogP contribution >= 0.6 is 11.6 Å². The summed E-state index contributed by atoms with van der Waals surface area (Å²) in [6, 6.07) is 6.80. The standard InChI is InChI=1S/C31H37ClN4O6/c1-31(2,3)36-30(41)26(37)23(16-19-11-12-33-27(19)38)34-29(40)24(13-18-7-5-4-6-8-18)35-28(39)21-14-20-15-22(32)9-10-25(20)42-17-21/h4-10,14-15,19,21,23-25H,11-13,16-17H2,1-3H3,(H,33,38)(H,34,40)(H,35,39)(H,36,41)/t19-,21?,23-,24-,25?/m0/s1. The molecular weight excluding hydrogens is 560 g/mol. The van der Waals surface area contributed by atoms with E-state index in [1.54, 1.807) is 39.0 Å². The Kier molecular flexibility index (Phi) is 10.0. The average Bonchev–Trinajstić information content (AvgIpc) is 3.34. The third-order valence-corrected chi connectivity index (χ3v) is 7.43. The van der Waals surface area contributed by atoms with E-state index in [9.17, 15) is 24.0 Å². The van der Waals surface area contributed by atoms with E-state index < -0.39 is 53.0 Å². The highest BCUT2D eigenvalue weighted by atomic mass is 35.5. The summed E-state index contributed by atoms with van der Waals surface area (Å²) in [5.41, 5.74) is 0.856. The second-order valence-corrected chi connectivity index (χ2v) is 12.2. The fraction of sp³-hybridized carbons (Fsp3) is 0.452. The summed E-state index contributed by atoms with van der Waals surface area (Å²) in [5.74, 6) is -4.23. The Labute approximate surface area is 250 Å². The van der Waals surface area contributed by atoms with Crippen molar-refractivity contribution < 1.29 is 28.7 Å². The van der Waals surface area contributed by atoms with E-state index in [0.29, 0.717) is 18.0 Å². The molecule has 224 valence electrons. The van der Waals surface area contributed by atoms with Crippen molar-refractivity contribution >= 4 is 41.0 Å². The van der Waals surface area contributed by atoms with Gasteiger partial charge in [0, 0.05) is 29.5 Å². The van der Waals surface area contributed by atoms with Crippen LogP contribution in [0.15, 0.2) is 65.2 Å². The maximum atomic E-state index is 13.7. The Bertz CT molecular complexity index is 1320. The molecule has 2 aliphatic heterocycles. The topological polar surface area (TPSA) is 143 Å². The molecule has 0 radical (unpaired) electrons. The fourth-order valence-electron chi connectivity index (χ4n) is 5.07. The van der Waals surface area contributed by atoms with Crippen molar-refractivity contribution in [1.82, 2.24) is 21.3 Å². The molecular formula is C31H37ClN4O6. The van der Waals surface area contributed by atoms with Crippen LogP contribution in [0.2, 0.25) is 0 Å². The number of allylic oxidation sites excluding steroid dienone is 2. The lowest BCUT2D eigenvalue weighted by molar-refractivity contribution is -0.142. The van der Waals surface area contributed by atoms with E-state index >= 15 is 0 Å². The predicted molar refractivity (Wildman–Crippen MR) is 157 cm³/mol. The van der Waals surface area contributed by atoms with Gasteiger partial charge in [0.15, 0.2) is 0 Å². The van der Waals surface area contributed by atoms with Crippen LogP contribution < -0.4 is 21.3 Å². The molecule has 42 heavy (non-hydrogen) atoms. The number of hydrogen-bond acceptors (Lipinski definition) is 6. The molecule has 1 fully saturated rings. The van der Waals surface area contributed by atoms with Crippen molar-refractivity contribution in [3.05, 3.63) is 70.8 Å². The maximum Gasteiger partial charge on any atom is 0.290 e. The van der Waals surface area contributed by atoms with Crippen LogP contribution in [0.4, 0.5) is 0 Å². The van der Waals surface area contributed by atoms with Crippen molar-refractivity contribution in [1.29, 1.82) is 0 Å². The average molecular weight is 597 g/mol. The lowest BCUT2D eigenvalue weighted by Crippen LogP contribution is -2.57. The summed E-state index contributed by atoms with van der Waals surface area (Å²) < 4.78 is 5.82. The summed E-state index contributed by atoms with van der Waals surface area (Å²) in [7, 11) is 0. The molecule has 3 aliphatic rings. The van der Waals surface area contributed by atoms with E-state index in [1.807, 2.05) is 36.4 Å². The van der Waals surface area contributed by atoms with Gasteiger partial charge in [-0.3, -0.25) is 24.0 Å². The second-order valence-electron chi connectivity index (χ2n) is 11.8. The quantitative estimate of drug-likeness (QED) is 0.304. The number of fused-ring (bicyclic) bond motifs is 1. The third kappa shape index (κ3) is 8.39. The van der Waals surface area contributed by atoms with Crippen LogP contribution in [0.3, 0.4) is 0 Å². The van der Waals surface area contributed by atoms with Gasteiger partial charge in [0.25, 0.3) is 5.91 Å². The molecule has 4 rings (SSSR count). The molecule has 0 saturated carbocycles. The van der Waals surface area contributed by atoms with Crippen LogP contribution in [-0.4, -0.2) is 66.3 Å². The molecule has 1 aliphatic carbocycles. The van der Waals surface area contributed by atoms with Crippen LogP contribution in [0.25, 0.3) is 0 Å². The zero-order chi connectivity index (χ0) is 30.4. The number of hydrogen-bond donors (Lipinski definition) is 4.